The molecule has 1 fully saturated rings. The summed E-state index contributed by atoms with van der Waals surface area (Å²) in [6.07, 6.45) is 7.76. The quantitative estimate of drug-likeness (QED) is 0.540. The van der Waals surface area contributed by atoms with Crippen molar-refractivity contribution in [3.63, 3.8) is 0 Å². The molecule has 0 bridgehead atoms. The second-order valence-corrected chi connectivity index (χ2v) is 4.26. The molecule has 0 aromatic carbocycles. The number of hydrogen-bond acceptors (Lipinski definition) is 2. The van der Waals surface area contributed by atoms with Crippen molar-refractivity contribution in [2.45, 2.75) is 45.6 Å². The van der Waals surface area contributed by atoms with Crippen molar-refractivity contribution in [2.75, 3.05) is 19.7 Å². The molecular formula is C12H23NO. The maximum Gasteiger partial charge on any atom is 0.0587 e. The van der Waals surface area contributed by atoms with Gasteiger partial charge in [0.25, 0.3) is 0 Å². The zero-order valence-corrected chi connectivity index (χ0v) is 9.51. The minimum absolute atomic E-state index is 0.517. The molecule has 0 aromatic rings. The van der Waals surface area contributed by atoms with Crippen LogP contribution in [0.1, 0.15) is 39.5 Å². The monoisotopic (exact) mass is 197 g/mol. The third-order valence-corrected chi connectivity index (χ3v) is 2.57. The Kier molecular flexibility index (Phi) is 5.88. The fourth-order valence-corrected chi connectivity index (χ4v) is 1.68. The molecule has 2 heteroatoms. The van der Waals surface area contributed by atoms with Crippen LogP contribution < -0.4 is 5.32 Å². The Bertz CT molecular complexity index is 167. The lowest BCUT2D eigenvalue weighted by molar-refractivity contribution is 0.0117. The highest BCUT2D eigenvalue weighted by molar-refractivity contribution is 4.94. The molecule has 1 N–H and O–H groups in total. The highest BCUT2D eigenvalue weighted by atomic mass is 16.5. The van der Waals surface area contributed by atoms with Crippen LogP contribution in [0.25, 0.3) is 0 Å². The lowest BCUT2D eigenvalue weighted by Gasteiger charge is -2.22. The SMILES string of the molecule is CC(C)=CCNCCC1CCCCO1. The maximum atomic E-state index is 5.65. The molecule has 1 rings (SSSR count). The summed E-state index contributed by atoms with van der Waals surface area (Å²) in [6.45, 7) is 7.31. The zero-order chi connectivity index (χ0) is 10.2. The predicted molar refractivity (Wildman–Crippen MR) is 60.5 cm³/mol. The lowest BCUT2D eigenvalue weighted by atomic mass is 10.1. The topological polar surface area (TPSA) is 21.3 Å². The van der Waals surface area contributed by atoms with Gasteiger partial charge < -0.3 is 10.1 Å². The third-order valence-electron chi connectivity index (χ3n) is 2.57. The minimum atomic E-state index is 0.517. The minimum Gasteiger partial charge on any atom is -0.378 e. The fraction of sp³-hybridized carbons (Fsp3) is 0.833. The predicted octanol–water partition coefficient (Wildman–Crippen LogP) is 2.50. The van der Waals surface area contributed by atoms with E-state index in [0.29, 0.717) is 6.10 Å². The standard InChI is InChI=1S/C12H23NO/c1-11(2)6-8-13-9-7-12-5-3-4-10-14-12/h6,12-13H,3-5,7-10H2,1-2H3. The van der Waals surface area contributed by atoms with Crippen LogP contribution in [0.15, 0.2) is 11.6 Å². The average molecular weight is 197 g/mol. The van der Waals surface area contributed by atoms with Gasteiger partial charge in [-0.1, -0.05) is 11.6 Å². The molecule has 1 aliphatic heterocycles. The Morgan fingerprint density at radius 3 is 2.93 bits per heavy atom. The van der Waals surface area contributed by atoms with Gasteiger partial charge in [0.05, 0.1) is 6.10 Å². The first kappa shape index (κ1) is 11.7. The molecule has 1 unspecified atom stereocenters. The van der Waals surface area contributed by atoms with Crippen molar-refractivity contribution in [1.29, 1.82) is 0 Å². The van der Waals surface area contributed by atoms with Gasteiger partial charge in [-0.15, -0.1) is 0 Å². The van der Waals surface area contributed by atoms with E-state index in [2.05, 4.69) is 25.2 Å². The number of rotatable bonds is 5. The van der Waals surface area contributed by atoms with Crippen LogP contribution in [-0.4, -0.2) is 25.8 Å². The summed E-state index contributed by atoms with van der Waals surface area (Å²) in [6, 6.07) is 0. The number of ether oxygens (including phenoxy) is 1. The Morgan fingerprint density at radius 1 is 1.43 bits per heavy atom. The van der Waals surface area contributed by atoms with E-state index in [0.717, 1.165) is 26.1 Å². The van der Waals surface area contributed by atoms with Crippen LogP contribution in [0.3, 0.4) is 0 Å². The van der Waals surface area contributed by atoms with Crippen molar-refractivity contribution in [2.24, 2.45) is 0 Å². The molecular weight excluding hydrogens is 174 g/mol. The van der Waals surface area contributed by atoms with Gasteiger partial charge in [0, 0.05) is 13.2 Å². The molecule has 0 aromatic heterocycles. The summed E-state index contributed by atoms with van der Waals surface area (Å²) in [7, 11) is 0. The Morgan fingerprint density at radius 2 is 2.29 bits per heavy atom. The summed E-state index contributed by atoms with van der Waals surface area (Å²) in [5.74, 6) is 0. The van der Waals surface area contributed by atoms with E-state index in [9.17, 15) is 0 Å². The van der Waals surface area contributed by atoms with Crippen LogP contribution in [0.4, 0.5) is 0 Å². The first-order valence-electron chi connectivity index (χ1n) is 5.74. The first-order chi connectivity index (χ1) is 6.79. The Balaban J connectivity index is 1.95. The zero-order valence-electron chi connectivity index (χ0n) is 9.51. The van der Waals surface area contributed by atoms with Gasteiger partial charge in [-0.05, 0) is 46.1 Å². The number of nitrogens with one attached hydrogen (secondary N) is 1. The second-order valence-electron chi connectivity index (χ2n) is 4.26. The van der Waals surface area contributed by atoms with Gasteiger partial charge in [-0.25, -0.2) is 0 Å². The van der Waals surface area contributed by atoms with Crippen molar-refractivity contribution in [1.82, 2.24) is 5.32 Å². The van der Waals surface area contributed by atoms with Crippen molar-refractivity contribution < 1.29 is 4.74 Å². The maximum absolute atomic E-state index is 5.65. The highest BCUT2D eigenvalue weighted by Crippen LogP contribution is 2.14. The second kappa shape index (κ2) is 7.02. The van der Waals surface area contributed by atoms with E-state index in [4.69, 9.17) is 4.74 Å². The average Bonchev–Trinajstić information content (AvgIpc) is 2.18. The normalized spacial score (nSPS) is 22.0. The Labute approximate surface area is 87.7 Å². The Hall–Kier alpha value is -0.340. The molecule has 2 nitrogen and oxygen atoms in total. The molecule has 1 aliphatic rings. The van der Waals surface area contributed by atoms with Gasteiger partial charge in [0.2, 0.25) is 0 Å². The number of allylic oxidation sites excluding steroid dienone is 1. The number of hydrogen-bond donors (Lipinski definition) is 1. The van der Waals surface area contributed by atoms with Crippen LogP contribution in [0, 0.1) is 0 Å². The molecule has 1 atom stereocenters. The lowest BCUT2D eigenvalue weighted by Crippen LogP contribution is -2.25. The molecule has 0 spiro atoms. The van der Waals surface area contributed by atoms with E-state index in [1.807, 2.05) is 0 Å². The summed E-state index contributed by atoms with van der Waals surface area (Å²) >= 11 is 0. The molecule has 14 heavy (non-hydrogen) atoms. The summed E-state index contributed by atoms with van der Waals surface area (Å²) in [5, 5.41) is 3.41. The molecule has 1 saturated heterocycles. The molecule has 0 amide bonds. The van der Waals surface area contributed by atoms with Gasteiger partial charge in [-0.3, -0.25) is 0 Å². The third kappa shape index (κ3) is 5.40. The smallest absolute Gasteiger partial charge is 0.0587 e. The van der Waals surface area contributed by atoms with Crippen LogP contribution in [-0.2, 0) is 4.74 Å². The van der Waals surface area contributed by atoms with Crippen LogP contribution >= 0.6 is 0 Å². The van der Waals surface area contributed by atoms with Crippen molar-refractivity contribution >= 4 is 0 Å². The van der Waals surface area contributed by atoms with E-state index in [-0.39, 0.29) is 0 Å². The summed E-state index contributed by atoms with van der Waals surface area (Å²) in [4.78, 5) is 0. The molecule has 1 heterocycles. The van der Waals surface area contributed by atoms with Crippen LogP contribution in [0.2, 0.25) is 0 Å². The van der Waals surface area contributed by atoms with E-state index in [1.54, 1.807) is 0 Å². The molecule has 0 aliphatic carbocycles. The molecule has 0 radical (unpaired) electrons. The molecule has 82 valence electrons. The van der Waals surface area contributed by atoms with Crippen molar-refractivity contribution in [3.05, 3.63) is 11.6 Å². The van der Waals surface area contributed by atoms with Gasteiger partial charge in [0.15, 0.2) is 0 Å². The van der Waals surface area contributed by atoms with E-state index >= 15 is 0 Å². The van der Waals surface area contributed by atoms with E-state index < -0.39 is 0 Å². The largest absolute Gasteiger partial charge is 0.378 e. The first-order valence-corrected chi connectivity index (χ1v) is 5.74. The van der Waals surface area contributed by atoms with Gasteiger partial charge in [-0.2, -0.15) is 0 Å². The van der Waals surface area contributed by atoms with Crippen molar-refractivity contribution in [3.8, 4) is 0 Å². The van der Waals surface area contributed by atoms with Crippen LogP contribution in [0.5, 0.6) is 0 Å². The summed E-state index contributed by atoms with van der Waals surface area (Å²) in [5.41, 5.74) is 1.38. The van der Waals surface area contributed by atoms with Gasteiger partial charge >= 0.3 is 0 Å². The fourth-order valence-electron chi connectivity index (χ4n) is 1.68. The summed E-state index contributed by atoms with van der Waals surface area (Å²) < 4.78 is 5.65. The van der Waals surface area contributed by atoms with E-state index in [1.165, 1.54) is 24.8 Å². The van der Waals surface area contributed by atoms with Gasteiger partial charge in [0.1, 0.15) is 0 Å². The highest BCUT2D eigenvalue weighted by Gasteiger charge is 2.12. The molecule has 0 saturated carbocycles.